The van der Waals surface area contributed by atoms with Crippen molar-refractivity contribution in [2.75, 3.05) is 13.2 Å². The van der Waals surface area contributed by atoms with E-state index in [1.54, 1.807) is 13.8 Å². The lowest BCUT2D eigenvalue weighted by atomic mass is 9.50. The lowest BCUT2D eigenvalue weighted by Crippen LogP contribution is -2.69. The minimum atomic E-state index is -1.77. The van der Waals surface area contributed by atoms with Crippen LogP contribution < -0.4 is 0 Å². The molecule has 0 spiro atoms. The largest absolute Gasteiger partial charge is 0.466 e. The summed E-state index contributed by atoms with van der Waals surface area (Å²) in [5.41, 5.74) is -3.54. The molecule has 0 unspecified atom stereocenters. The Hall–Kier alpha value is -2.52. The fraction of sp³-hybridized carbons (Fsp3) is 0.833. The normalized spacial score (nSPS) is 30.6. The van der Waals surface area contributed by atoms with Crippen molar-refractivity contribution in [3.8, 4) is 0 Å². The maximum atomic E-state index is 12.6. The van der Waals surface area contributed by atoms with E-state index in [2.05, 4.69) is 6.92 Å². The summed E-state index contributed by atoms with van der Waals surface area (Å²) < 4.78 is 10.2. The van der Waals surface area contributed by atoms with Gasteiger partial charge in [0.05, 0.1) is 31.0 Å². The molecule has 192 valence electrons. The summed E-state index contributed by atoms with van der Waals surface area (Å²) in [4.78, 5) is 49.4. The number of hydrogen-bond donors (Lipinski definition) is 0. The van der Waals surface area contributed by atoms with Crippen LogP contribution in [0.15, 0.2) is 12.2 Å². The summed E-state index contributed by atoms with van der Waals surface area (Å²) in [6.07, 6.45) is 8.16. The summed E-state index contributed by atoms with van der Waals surface area (Å²) in [6.45, 7) is 5.54. The van der Waals surface area contributed by atoms with E-state index in [-0.39, 0.29) is 45.3 Å². The Morgan fingerprint density at radius 2 is 1.26 bits per heavy atom. The van der Waals surface area contributed by atoms with Crippen LogP contribution in [0.5, 0.6) is 0 Å². The van der Waals surface area contributed by atoms with Gasteiger partial charge in [-0.05, 0) is 39.5 Å². The van der Waals surface area contributed by atoms with Crippen LogP contribution in [0.2, 0.25) is 0 Å². The molecule has 0 atom stereocenters. The average molecular weight is 483 g/mol. The van der Waals surface area contributed by atoms with E-state index in [9.17, 15) is 29.8 Å². The molecule has 10 nitrogen and oxygen atoms in total. The van der Waals surface area contributed by atoms with E-state index in [0.717, 1.165) is 25.7 Å². The second kappa shape index (κ2) is 12.3. The van der Waals surface area contributed by atoms with Gasteiger partial charge < -0.3 is 9.47 Å². The van der Waals surface area contributed by atoms with Gasteiger partial charge in [0, 0.05) is 35.5 Å². The third-order valence-corrected chi connectivity index (χ3v) is 7.43. The molecule has 0 aliphatic heterocycles. The van der Waals surface area contributed by atoms with Crippen molar-refractivity contribution >= 4 is 11.9 Å². The highest BCUT2D eigenvalue weighted by atomic mass is 16.6. The number of unbranched alkanes of at least 4 members (excludes halogenated alkanes) is 3. The fourth-order valence-corrected chi connectivity index (χ4v) is 6.04. The molecular weight excluding hydrogens is 444 g/mol. The molecule has 0 radical (unpaired) electrons. The monoisotopic (exact) mass is 482 g/mol. The van der Waals surface area contributed by atoms with Gasteiger partial charge in [0.25, 0.3) is 0 Å². The van der Waals surface area contributed by atoms with Crippen LogP contribution in [-0.2, 0) is 19.1 Å². The second-order valence-electron chi connectivity index (χ2n) is 9.53. The summed E-state index contributed by atoms with van der Waals surface area (Å²) in [7, 11) is 0. The maximum absolute atomic E-state index is 12.6. The molecule has 2 saturated carbocycles. The molecular formula is C24H38N2O8. The highest BCUT2D eigenvalue weighted by Crippen LogP contribution is 2.58. The summed E-state index contributed by atoms with van der Waals surface area (Å²) in [5.74, 6) is -4.12. The Balaban J connectivity index is 2.43. The predicted molar refractivity (Wildman–Crippen MR) is 124 cm³/mol. The van der Waals surface area contributed by atoms with Crippen molar-refractivity contribution in [1.29, 1.82) is 0 Å². The number of hydrogen-bond acceptors (Lipinski definition) is 8. The molecule has 0 amide bonds. The summed E-state index contributed by atoms with van der Waals surface area (Å²) >= 11 is 0. The van der Waals surface area contributed by atoms with Crippen molar-refractivity contribution < 1.29 is 28.9 Å². The molecule has 34 heavy (non-hydrogen) atoms. The minimum Gasteiger partial charge on any atom is -0.466 e. The third kappa shape index (κ3) is 5.75. The lowest BCUT2D eigenvalue weighted by Gasteiger charge is -2.51. The second-order valence-corrected chi connectivity index (χ2v) is 9.53. The van der Waals surface area contributed by atoms with Crippen LogP contribution in [0, 0.1) is 38.0 Å². The first-order chi connectivity index (χ1) is 16.2. The molecule has 0 saturated heterocycles. The molecule has 0 heterocycles. The molecule has 0 aromatic rings. The van der Waals surface area contributed by atoms with Gasteiger partial charge in [-0.3, -0.25) is 29.8 Å². The predicted octanol–water partition coefficient (Wildman–Crippen LogP) is 4.50. The van der Waals surface area contributed by atoms with Crippen LogP contribution in [0.25, 0.3) is 0 Å². The number of rotatable bonds is 13. The molecule has 2 aliphatic rings. The zero-order chi connectivity index (χ0) is 25.4. The molecule has 10 heteroatoms. The fourth-order valence-electron chi connectivity index (χ4n) is 6.04. The first-order valence-corrected chi connectivity index (χ1v) is 12.5. The standard InChI is InChI=1S/C24H38N2O8/c1-4-7-8-9-10-11-12-13-20-23(25(29)30)14-18(21(27)33-5-2)15-24(20,26(31)32)17-19(16-23)22(28)34-6-3/h10-11,18-20H,4-9,12-17H2,1-3H3/b11-10-. The number of ether oxygens (including phenoxy) is 2. The first-order valence-electron chi connectivity index (χ1n) is 12.5. The van der Waals surface area contributed by atoms with Crippen LogP contribution >= 0.6 is 0 Å². The van der Waals surface area contributed by atoms with Crippen molar-refractivity contribution in [3.05, 3.63) is 32.4 Å². The van der Waals surface area contributed by atoms with E-state index in [1.807, 2.05) is 12.2 Å². The number of nitro groups is 2. The molecule has 2 bridgehead atoms. The van der Waals surface area contributed by atoms with Gasteiger partial charge in [-0.15, -0.1) is 0 Å². The highest BCUT2D eigenvalue weighted by molar-refractivity contribution is 5.75. The summed E-state index contributed by atoms with van der Waals surface area (Å²) in [5, 5.41) is 25.2. The Bertz CT molecular complexity index is 717. The van der Waals surface area contributed by atoms with Gasteiger partial charge >= 0.3 is 11.9 Å². The molecule has 0 aromatic carbocycles. The van der Waals surface area contributed by atoms with E-state index < -0.39 is 50.6 Å². The Kier molecular flexibility index (Phi) is 10.00. The number of allylic oxidation sites excluding steroid dienone is 2. The zero-order valence-corrected chi connectivity index (χ0v) is 20.5. The third-order valence-electron chi connectivity index (χ3n) is 7.43. The van der Waals surface area contributed by atoms with Crippen molar-refractivity contribution in [2.24, 2.45) is 17.8 Å². The van der Waals surface area contributed by atoms with E-state index in [0.29, 0.717) is 6.42 Å². The van der Waals surface area contributed by atoms with Crippen LogP contribution in [0.1, 0.15) is 85.0 Å². The van der Waals surface area contributed by atoms with Crippen molar-refractivity contribution in [3.63, 3.8) is 0 Å². The van der Waals surface area contributed by atoms with Gasteiger partial charge in [-0.2, -0.15) is 0 Å². The molecule has 0 aromatic heterocycles. The smallest absolute Gasteiger partial charge is 0.309 e. The van der Waals surface area contributed by atoms with Gasteiger partial charge in [-0.1, -0.05) is 31.9 Å². The van der Waals surface area contributed by atoms with Crippen LogP contribution in [0.3, 0.4) is 0 Å². The number of nitrogens with zero attached hydrogens (tertiary/aromatic N) is 2. The highest BCUT2D eigenvalue weighted by Gasteiger charge is 2.74. The Morgan fingerprint density at radius 3 is 1.65 bits per heavy atom. The Morgan fingerprint density at radius 1 is 0.824 bits per heavy atom. The SMILES string of the molecule is CCCCC/C=C\CCC1C2([N+](=O)[O-])CC(C(=O)OCC)CC1([N+](=O)[O-])CC(C(=O)OCC)C2. The van der Waals surface area contributed by atoms with Crippen molar-refractivity contribution in [2.45, 2.75) is 96.1 Å². The topological polar surface area (TPSA) is 139 Å². The minimum absolute atomic E-state index is 0.0873. The Labute approximate surface area is 200 Å². The zero-order valence-electron chi connectivity index (χ0n) is 20.5. The van der Waals surface area contributed by atoms with Gasteiger partial charge in [0.2, 0.25) is 11.1 Å². The molecule has 2 rings (SSSR count). The van der Waals surface area contributed by atoms with E-state index >= 15 is 0 Å². The average Bonchev–Trinajstić information content (AvgIpc) is 2.78. The van der Waals surface area contributed by atoms with E-state index in [4.69, 9.17) is 9.47 Å². The molecule has 2 aliphatic carbocycles. The lowest BCUT2D eigenvalue weighted by molar-refractivity contribution is -0.655. The van der Waals surface area contributed by atoms with Crippen molar-refractivity contribution in [1.82, 2.24) is 0 Å². The quantitative estimate of drug-likeness (QED) is 0.123. The number of esters is 2. The van der Waals surface area contributed by atoms with Crippen LogP contribution in [-0.4, -0.2) is 46.1 Å². The van der Waals surface area contributed by atoms with Crippen LogP contribution in [0.4, 0.5) is 0 Å². The number of carbonyl (C=O) groups excluding carboxylic acids is 2. The first kappa shape index (κ1) is 27.7. The van der Waals surface area contributed by atoms with Gasteiger partial charge in [-0.25, -0.2) is 0 Å². The number of fused-ring (bicyclic) bond motifs is 2. The maximum Gasteiger partial charge on any atom is 0.309 e. The number of carbonyl (C=O) groups is 2. The summed E-state index contributed by atoms with van der Waals surface area (Å²) in [6, 6.07) is 0. The van der Waals surface area contributed by atoms with Gasteiger partial charge in [0.15, 0.2) is 0 Å². The van der Waals surface area contributed by atoms with Gasteiger partial charge in [0.1, 0.15) is 0 Å². The van der Waals surface area contributed by atoms with E-state index in [1.165, 1.54) is 0 Å². The molecule has 0 N–H and O–H groups in total. The molecule has 2 fully saturated rings.